The third-order valence-corrected chi connectivity index (χ3v) is 6.11. The number of hydrazine groups is 1. The highest BCUT2D eigenvalue weighted by molar-refractivity contribution is 6.00. The van der Waals surface area contributed by atoms with E-state index in [1.54, 1.807) is 5.01 Å². The third-order valence-electron chi connectivity index (χ3n) is 6.11. The summed E-state index contributed by atoms with van der Waals surface area (Å²) in [6.07, 6.45) is 1.57. The lowest BCUT2D eigenvalue weighted by molar-refractivity contribution is -0.208. The van der Waals surface area contributed by atoms with Gasteiger partial charge in [-0.1, -0.05) is 76.2 Å². The number of hydrogen-bond donors (Lipinski definition) is 1. The molecule has 5 nitrogen and oxygen atoms in total. The number of nitrogens with one attached hydrogen (secondary N) is 1. The molecule has 1 fully saturated rings. The van der Waals surface area contributed by atoms with Gasteiger partial charge in [0.15, 0.2) is 0 Å². The van der Waals surface area contributed by atoms with Crippen LogP contribution in [-0.2, 0) is 9.59 Å². The van der Waals surface area contributed by atoms with E-state index in [2.05, 4.69) is 38.0 Å². The van der Waals surface area contributed by atoms with E-state index >= 15 is 0 Å². The van der Waals surface area contributed by atoms with Crippen molar-refractivity contribution >= 4 is 17.5 Å². The van der Waals surface area contributed by atoms with Crippen LogP contribution < -0.4 is 5.32 Å². The maximum absolute atomic E-state index is 13.5. The van der Waals surface area contributed by atoms with Crippen LogP contribution in [0.3, 0.4) is 0 Å². The van der Waals surface area contributed by atoms with Crippen LogP contribution in [0.2, 0.25) is 0 Å². The van der Waals surface area contributed by atoms with Gasteiger partial charge in [-0.25, -0.2) is 5.01 Å². The number of benzene rings is 2. The summed E-state index contributed by atoms with van der Waals surface area (Å²) < 4.78 is 0. The SMILES string of the molecule is Cc1cccc(C)c1NC(=O)C(CC(C)C)N1C(=O)C(c2ccccc2)N1CCC(C)C. The first-order valence-corrected chi connectivity index (χ1v) is 11.7. The van der Waals surface area contributed by atoms with Crippen LogP contribution in [0.4, 0.5) is 5.69 Å². The fourth-order valence-electron chi connectivity index (χ4n) is 4.34. The summed E-state index contributed by atoms with van der Waals surface area (Å²) in [6, 6.07) is 15.0. The van der Waals surface area contributed by atoms with E-state index in [4.69, 9.17) is 0 Å². The molecule has 1 N–H and O–H groups in total. The van der Waals surface area contributed by atoms with Gasteiger partial charge in [0.1, 0.15) is 12.1 Å². The quantitative estimate of drug-likeness (QED) is 0.566. The Bertz CT molecular complexity index is 919. The van der Waals surface area contributed by atoms with Gasteiger partial charge in [0.2, 0.25) is 5.91 Å². The Labute approximate surface area is 192 Å². The van der Waals surface area contributed by atoms with E-state index in [0.717, 1.165) is 35.3 Å². The van der Waals surface area contributed by atoms with Crippen LogP contribution in [-0.4, -0.2) is 34.4 Å². The molecule has 1 aliphatic heterocycles. The van der Waals surface area contributed by atoms with Crippen LogP contribution in [0.25, 0.3) is 0 Å². The number of amides is 2. The maximum Gasteiger partial charge on any atom is 0.261 e. The molecular weight excluding hydrogens is 398 g/mol. The molecule has 2 aromatic carbocycles. The molecular formula is C27H37N3O2. The van der Waals surface area contributed by atoms with Crippen LogP contribution in [0.15, 0.2) is 48.5 Å². The Morgan fingerprint density at radius 3 is 2.12 bits per heavy atom. The Morgan fingerprint density at radius 2 is 1.56 bits per heavy atom. The fraction of sp³-hybridized carbons (Fsp3) is 0.481. The van der Waals surface area contributed by atoms with Gasteiger partial charge >= 0.3 is 0 Å². The van der Waals surface area contributed by atoms with Gasteiger partial charge in [0.05, 0.1) is 0 Å². The number of carbonyl (C=O) groups excluding carboxylic acids is 2. The molecule has 0 bridgehead atoms. The number of carbonyl (C=O) groups is 2. The number of nitrogens with zero attached hydrogens (tertiary/aromatic N) is 2. The molecule has 172 valence electrons. The Balaban J connectivity index is 1.90. The summed E-state index contributed by atoms with van der Waals surface area (Å²) in [4.78, 5) is 27.0. The molecule has 1 heterocycles. The molecule has 1 aliphatic rings. The van der Waals surface area contributed by atoms with Gasteiger partial charge in [0.25, 0.3) is 5.91 Å². The van der Waals surface area contributed by atoms with Crippen molar-refractivity contribution in [3.8, 4) is 0 Å². The van der Waals surface area contributed by atoms with Crippen molar-refractivity contribution in [2.24, 2.45) is 11.8 Å². The lowest BCUT2D eigenvalue weighted by atomic mass is 9.95. The topological polar surface area (TPSA) is 52.7 Å². The van der Waals surface area contributed by atoms with Crippen molar-refractivity contribution in [2.75, 3.05) is 11.9 Å². The minimum Gasteiger partial charge on any atom is -0.324 e. The lowest BCUT2D eigenvalue weighted by Gasteiger charge is -2.53. The summed E-state index contributed by atoms with van der Waals surface area (Å²) >= 11 is 0. The predicted octanol–water partition coefficient (Wildman–Crippen LogP) is 5.50. The van der Waals surface area contributed by atoms with Crippen LogP contribution in [0, 0.1) is 25.7 Å². The number of anilines is 1. The second kappa shape index (κ2) is 10.3. The van der Waals surface area contributed by atoms with Gasteiger partial charge in [0, 0.05) is 12.2 Å². The number of para-hydroxylation sites is 1. The predicted molar refractivity (Wildman–Crippen MR) is 130 cm³/mol. The summed E-state index contributed by atoms with van der Waals surface area (Å²) in [5, 5.41) is 6.97. The standard InChI is InChI=1S/C27H37N3O2/c1-18(2)15-16-29-25(22-13-8-7-9-14-22)27(32)30(29)23(17-19(3)4)26(31)28-24-20(5)11-10-12-21(24)6/h7-14,18-19,23,25H,15-17H2,1-6H3,(H,28,31). The van der Waals surface area contributed by atoms with Crippen molar-refractivity contribution in [2.45, 2.75) is 66.5 Å². The molecule has 2 aromatic rings. The molecule has 0 spiro atoms. The highest BCUT2D eigenvalue weighted by atomic mass is 16.2. The molecule has 0 aromatic heterocycles. The molecule has 1 saturated heterocycles. The highest BCUT2D eigenvalue weighted by Crippen LogP contribution is 2.38. The van der Waals surface area contributed by atoms with E-state index in [0.29, 0.717) is 12.3 Å². The molecule has 32 heavy (non-hydrogen) atoms. The summed E-state index contributed by atoms with van der Waals surface area (Å²) in [7, 11) is 0. The number of rotatable bonds is 9. The van der Waals surface area contributed by atoms with Crippen molar-refractivity contribution in [3.63, 3.8) is 0 Å². The Morgan fingerprint density at radius 1 is 0.938 bits per heavy atom. The molecule has 5 heteroatoms. The highest BCUT2D eigenvalue weighted by Gasteiger charge is 2.51. The zero-order valence-electron chi connectivity index (χ0n) is 20.3. The van der Waals surface area contributed by atoms with E-state index in [-0.39, 0.29) is 23.8 Å². The number of hydrogen-bond acceptors (Lipinski definition) is 3. The smallest absolute Gasteiger partial charge is 0.261 e. The van der Waals surface area contributed by atoms with Crippen molar-refractivity contribution < 1.29 is 9.59 Å². The first-order valence-electron chi connectivity index (χ1n) is 11.7. The minimum atomic E-state index is -0.534. The molecule has 0 saturated carbocycles. The summed E-state index contributed by atoms with van der Waals surface area (Å²) in [5.41, 5.74) is 3.87. The van der Waals surface area contributed by atoms with Crippen molar-refractivity contribution in [3.05, 3.63) is 65.2 Å². The zero-order chi connectivity index (χ0) is 23.4. The first kappa shape index (κ1) is 24.0. The van der Waals surface area contributed by atoms with Crippen molar-refractivity contribution in [1.29, 1.82) is 0 Å². The van der Waals surface area contributed by atoms with E-state index in [1.807, 2.05) is 62.4 Å². The first-order chi connectivity index (χ1) is 15.2. The van der Waals surface area contributed by atoms with Gasteiger partial charge in [-0.15, -0.1) is 0 Å². The van der Waals surface area contributed by atoms with Crippen LogP contribution >= 0.6 is 0 Å². The van der Waals surface area contributed by atoms with E-state index in [1.165, 1.54) is 0 Å². The molecule has 0 radical (unpaired) electrons. The number of aryl methyl sites for hydroxylation is 2. The molecule has 3 rings (SSSR count). The summed E-state index contributed by atoms with van der Waals surface area (Å²) in [5.74, 6) is 0.669. The molecule has 2 unspecified atom stereocenters. The largest absolute Gasteiger partial charge is 0.324 e. The van der Waals surface area contributed by atoms with Crippen molar-refractivity contribution in [1.82, 2.24) is 10.0 Å². The molecule has 2 amide bonds. The van der Waals surface area contributed by atoms with Gasteiger partial charge in [-0.05, 0) is 55.2 Å². The average Bonchev–Trinajstić information content (AvgIpc) is 2.73. The van der Waals surface area contributed by atoms with Gasteiger partial charge in [-0.3, -0.25) is 14.6 Å². The Kier molecular flexibility index (Phi) is 7.73. The van der Waals surface area contributed by atoms with E-state index < -0.39 is 6.04 Å². The molecule has 0 aliphatic carbocycles. The van der Waals surface area contributed by atoms with E-state index in [9.17, 15) is 9.59 Å². The molecule has 2 atom stereocenters. The lowest BCUT2D eigenvalue weighted by Crippen LogP contribution is -2.69. The summed E-state index contributed by atoms with van der Waals surface area (Å²) in [6.45, 7) is 13.3. The fourth-order valence-corrected chi connectivity index (χ4v) is 4.34. The Hall–Kier alpha value is -2.66. The normalized spacial score (nSPS) is 17.6. The monoisotopic (exact) mass is 435 g/mol. The van der Waals surface area contributed by atoms with Gasteiger partial charge in [-0.2, -0.15) is 0 Å². The zero-order valence-corrected chi connectivity index (χ0v) is 20.3. The van der Waals surface area contributed by atoms with Crippen LogP contribution in [0.5, 0.6) is 0 Å². The average molecular weight is 436 g/mol. The second-order valence-corrected chi connectivity index (χ2v) is 9.74. The third kappa shape index (κ3) is 5.21. The van der Waals surface area contributed by atoms with Gasteiger partial charge < -0.3 is 5.32 Å². The minimum absolute atomic E-state index is 0.00209. The maximum atomic E-state index is 13.5. The second-order valence-electron chi connectivity index (χ2n) is 9.74. The van der Waals surface area contributed by atoms with Crippen LogP contribution in [0.1, 0.15) is 63.3 Å².